The van der Waals surface area contributed by atoms with Gasteiger partial charge in [-0.1, -0.05) is 12.1 Å². The van der Waals surface area contributed by atoms with Gasteiger partial charge in [-0.25, -0.2) is 0 Å². The molecule has 0 radical (unpaired) electrons. The molecule has 1 unspecified atom stereocenters. The molecule has 0 amide bonds. The lowest BCUT2D eigenvalue weighted by Crippen LogP contribution is -2.32. The lowest BCUT2D eigenvalue weighted by atomic mass is 9.89. The van der Waals surface area contributed by atoms with Crippen LogP contribution in [0.3, 0.4) is 0 Å². The van der Waals surface area contributed by atoms with Crippen LogP contribution in [0.4, 0.5) is 5.69 Å². The van der Waals surface area contributed by atoms with Crippen molar-refractivity contribution in [2.75, 3.05) is 25.1 Å². The smallest absolute Gasteiger partial charge is 0.144 e. The van der Waals surface area contributed by atoms with Crippen molar-refractivity contribution in [1.82, 2.24) is 0 Å². The van der Waals surface area contributed by atoms with Crippen LogP contribution in [0.25, 0.3) is 0 Å². The van der Waals surface area contributed by atoms with Crippen LogP contribution in [0.1, 0.15) is 31.2 Å². The second-order valence-electron chi connectivity index (χ2n) is 6.35. The Morgan fingerprint density at radius 1 is 0.958 bits per heavy atom. The summed E-state index contributed by atoms with van der Waals surface area (Å²) in [6.45, 7) is 3.98. The fourth-order valence-corrected chi connectivity index (χ4v) is 3.30. The molecule has 0 aromatic heterocycles. The normalized spacial score (nSPS) is 16.7. The molecule has 0 bridgehead atoms. The number of nitrogens with zero attached hydrogens (tertiary/aromatic N) is 1. The Labute approximate surface area is 144 Å². The summed E-state index contributed by atoms with van der Waals surface area (Å²) in [6.07, 6.45) is 2.06. The molecule has 0 aliphatic carbocycles. The van der Waals surface area contributed by atoms with Crippen molar-refractivity contribution in [2.24, 2.45) is 5.73 Å². The molecule has 24 heavy (non-hydrogen) atoms. The van der Waals surface area contributed by atoms with Crippen molar-refractivity contribution >= 4 is 5.69 Å². The molecule has 0 saturated carbocycles. The van der Waals surface area contributed by atoms with E-state index in [1.807, 2.05) is 19.1 Å². The van der Waals surface area contributed by atoms with Crippen LogP contribution in [-0.4, -0.2) is 26.4 Å². The van der Waals surface area contributed by atoms with Crippen molar-refractivity contribution in [1.29, 1.82) is 0 Å². The Bertz CT molecular complexity index is 630. The fourth-order valence-electron chi connectivity index (χ4n) is 3.30. The van der Waals surface area contributed by atoms with E-state index in [2.05, 4.69) is 41.3 Å². The van der Waals surface area contributed by atoms with Gasteiger partial charge in [0.05, 0.1) is 7.11 Å². The van der Waals surface area contributed by atoms with Gasteiger partial charge in [0.15, 0.2) is 0 Å². The molecule has 1 atom stereocenters. The SMILES string of the molecule is COc1ccc(C2CCN(c3ccc(OC(C)N)cc3)CC2)cc1. The van der Waals surface area contributed by atoms with Gasteiger partial charge in [0.2, 0.25) is 0 Å². The maximum absolute atomic E-state index is 5.65. The van der Waals surface area contributed by atoms with E-state index in [-0.39, 0.29) is 6.23 Å². The Balaban J connectivity index is 1.58. The maximum Gasteiger partial charge on any atom is 0.144 e. The Hall–Kier alpha value is -2.20. The minimum atomic E-state index is -0.281. The van der Waals surface area contributed by atoms with Gasteiger partial charge < -0.3 is 14.4 Å². The first-order valence-electron chi connectivity index (χ1n) is 8.57. The average Bonchev–Trinajstić information content (AvgIpc) is 2.62. The highest BCUT2D eigenvalue weighted by atomic mass is 16.5. The van der Waals surface area contributed by atoms with Gasteiger partial charge in [-0.05, 0) is 67.6 Å². The van der Waals surface area contributed by atoms with Gasteiger partial charge in [-0.3, -0.25) is 5.73 Å². The number of methoxy groups -OCH3 is 1. The predicted molar refractivity (Wildman–Crippen MR) is 97.9 cm³/mol. The number of benzene rings is 2. The van der Waals surface area contributed by atoms with Gasteiger partial charge in [0, 0.05) is 18.8 Å². The molecule has 0 spiro atoms. The Morgan fingerprint density at radius 3 is 2.08 bits per heavy atom. The van der Waals surface area contributed by atoms with Crippen molar-refractivity contribution in [3.8, 4) is 11.5 Å². The molecule has 2 aromatic carbocycles. The molecule has 3 rings (SSSR count). The highest BCUT2D eigenvalue weighted by Crippen LogP contribution is 2.31. The average molecular weight is 326 g/mol. The van der Waals surface area contributed by atoms with Crippen LogP contribution in [0.15, 0.2) is 48.5 Å². The summed E-state index contributed by atoms with van der Waals surface area (Å²) in [6, 6.07) is 16.7. The van der Waals surface area contributed by atoms with E-state index in [9.17, 15) is 0 Å². The zero-order valence-corrected chi connectivity index (χ0v) is 14.4. The van der Waals surface area contributed by atoms with Crippen LogP contribution >= 0.6 is 0 Å². The molecule has 1 heterocycles. The predicted octanol–water partition coefficient (Wildman–Crippen LogP) is 3.76. The Kier molecular flexibility index (Phi) is 5.26. The standard InChI is InChI=1S/C20H26N2O2/c1-15(21)24-20-9-5-18(6-10-20)22-13-11-17(12-14-22)16-3-7-19(23-2)8-4-16/h3-10,15,17H,11-14,21H2,1-2H3. The summed E-state index contributed by atoms with van der Waals surface area (Å²) in [7, 11) is 1.71. The largest absolute Gasteiger partial charge is 0.497 e. The molecular weight excluding hydrogens is 300 g/mol. The highest BCUT2D eigenvalue weighted by molar-refractivity contribution is 5.49. The number of hydrogen-bond acceptors (Lipinski definition) is 4. The minimum Gasteiger partial charge on any atom is -0.497 e. The van der Waals surface area contributed by atoms with Gasteiger partial charge in [-0.15, -0.1) is 0 Å². The second-order valence-corrected chi connectivity index (χ2v) is 6.35. The Morgan fingerprint density at radius 2 is 1.54 bits per heavy atom. The zero-order valence-electron chi connectivity index (χ0n) is 14.4. The van der Waals surface area contributed by atoms with E-state index in [0.717, 1.165) is 24.6 Å². The third kappa shape index (κ3) is 4.01. The van der Waals surface area contributed by atoms with E-state index in [0.29, 0.717) is 5.92 Å². The van der Waals surface area contributed by atoms with Crippen LogP contribution < -0.4 is 20.1 Å². The molecule has 1 saturated heterocycles. The quantitative estimate of drug-likeness (QED) is 0.850. The van der Waals surface area contributed by atoms with Crippen molar-refractivity contribution < 1.29 is 9.47 Å². The van der Waals surface area contributed by atoms with Gasteiger partial charge in [-0.2, -0.15) is 0 Å². The molecule has 2 aromatic rings. The van der Waals surface area contributed by atoms with Crippen LogP contribution in [0.5, 0.6) is 11.5 Å². The maximum atomic E-state index is 5.65. The highest BCUT2D eigenvalue weighted by Gasteiger charge is 2.20. The molecule has 1 aliphatic rings. The van der Waals surface area contributed by atoms with Gasteiger partial charge >= 0.3 is 0 Å². The number of nitrogens with two attached hydrogens (primary N) is 1. The van der Waals surface area contributed by atoms with E-state index >= 15 is 0 Å². The molecule has 1 fully saturated rings. The fraction of sp³-hybridized carbons (Fsp3) is 0.400. The summed E-state index contributed by atoms with van der Waals surface area (Å²) in [5, 5.41) is 0. The summed E-state index contributed by atoms with van der Waals surface area (Å²) in [5.74, 6) is 2.38. The van der Waals surface area contributed by atoms with Crippen LogP contribution in [0.2, 0.25) is 0 Å². The molecule has 1 aliphatic heterocycles. The summed E-state index contributed by atoms with van der Waals surface area (Å²) in [5.41, 5.74) is 8.32. The summed E-state index contributed by atoms with van der Waals surface area (Å²) in [4.78, 5) is 2.44. The van der Waals surface area contributed by atoms with Crippen LogP contribution in [-0.2, 0) is 0 Å². The summed E-state index contributed by atoms with van der Waals surface area (Å²) >= 11 is 0. The molecule has 2 N–H and O–H groups in total. The van der Waals surface area contributed by atoms with Crippen molar-refractivity contribution in [3.05, 3.63) is 54.1 Å². The van der Waals surface area contributed by atoms with Gasteiger partial charge in [0.25, 0.3) is 0 Å². The van der Waals surface area contributed by atoms with E-state index in [1.54, 1.807) is 7.11 Å². The first-order chi connectivity index (χ1) is 11.7. The van der Waals surface area contributed by atoms with Crippen molar-refractivity contribution in [3.63, 3.8) is 0 Å². The van der Waals surface area contributed by atoms with E-state index in [1.165, 1.54) is 24.1 Å². The molecule has 128 valence electrons. The third-order valence-electron chi connectivity index (χ3n) is 4.61. The first-order valence-corrected chi connectivity index (χ1v) is 8.57. The number of anilines is 1. The molecule has 4 heteroatoms. The van der Waals surface area contributed by atoms with E-state index < -0.39 is 0 Å². The number of piperidine rings is 1. The zero-order chi connectivity index (χ0) is 16.9. The van der Waals surface area contributed by atoms with Gasteiger partial charge in [0.1, 0.15) is 17.7 Å². The lowest BCUT2D eigenvalue weighted by Gasteiger charge is -2.34. The number of ether oxygens (including phenoxy) is 2. The number of hydrogen-bond donors (Lipinski definition) is 1. The first kappa shape index (κ1) is 16.7. The monoisotopic (exact) mass is 326 g/mol. The molecular formula is C20H26N2O2. The second kappa shape index (κ2) is 7.58. The lowest BCUT2D eigenvalue weighted by molar-refractivity contribution is 0.230. The number of rotatable bonds is 5. The minimum absolute atomic E-state index is 0.281. The van der Waals surface area contributed by atoms with Crippen LogP contribution in [0, 0.1) is 0 Å². The topological polar surface area (TPSA) is 47.7 Å². The molecule has 4 nitrogen and oxygen atoms in total. The van der Waals surface area contributed by atoms with E-state index in [4.69, 9.17) is 15.2 Å². The summed E-state index contributed by atoms with van der Waals surface area (Å²) < 4.78 is 10.7. The third-order valence-corrected chi connectivity index (χ3v) is 4.61. The van der Waals surface area contributed by atoms with Crippen molar-refractivity contribution in [2.45, 2.75) is 31.9 Å².